The SMILES string of the molecule is COC[C@H](C)n1cc(Nc2cc(NCC3CC3)c3cc[nH]c3n2)c(Cl)n1. The van der Waals surface area contributed by atoms with Gasteiger partial charge in [-0.15, -0.1) is 0 Å². The van der Waals surface area contributed by atoms with E-state index in [0.29, 0.717) is 11.8 Å². The van der Waals surface area contributed by atoms with Crippen molar-refractivity contribution >= 4 is 39.8 Å². The van der Waals surface area contributed by atoms with E-state index in [1.807, 2.05) is 31.5 Å². The predicted octanol–water partition coefficient (Wildman–Crippen LogP) is 4.19. The van der Waals surface area contributed by atoms with Gasteiger partial charge in [0.15, 0.2) is 5.15 Å². The number of anilines is 3. The van der Waals surface area contributed by atoms with E-state index >= 15 is 0 Å². The standard InChI is InChI=1S/C18H23ClN6O/c1-11(10-26-2)25-9-15(17(19)24-25)22-16-7-14(21-8-12-3-4-12)13-5-6-20-18(13)23-16/h5-7,9,11-12H,3-4,8,10H2,1-2H3,(H3,20,21,22,23)/t11-/m0/s1. The van der Waals surface area contributed by atoms with Gasteiger partial charge in [-0.2, -0.15) is 5.10 Å². The summed E-state index contributed by atoms with van der Waals surface area (Å²) in [4.78, 5) is 7.82. The van der Waals surface area contributed by atoms with E-state index in [2.05, 4.69) is 25.7 Å². The zero-order valence-corrected chi connectivity index (χ0v) is 15.7. The molecule has 1 aliphatic rings. The van der Waals surface area contributed by atoms with Crippen molar-refractivity contribution in [1.82, 2.24) is 19.7 Å². The first kappa shape index (κ1) is 17.2. The second kappa shape index (κ2) is 7.17. The normalized spacial score (nSPS) is 15.3. The van der Waals surface area contributed by atoms with Crippen LogP contribution in [0.2, 0.25) is 5.15 Å². The third-order valence-corrected chi connectivity index (χ3v) is 4.90. The number of ether oxygens (including phenoxy) is 1. The fourth-order valence-electron chi connectivity index (χ4n) is 2.96. The van der Waals surface area contributed by atoms with Crippen LogP contribution in [0.25, 0.3) is 11.0 Å². The minimum absolute atomic E-state index is 0.0997. The Labute approximate surface area is 157 Å². The molecule has 3 heterocycles. The molecule has 0 aliphatic heterocycles. The van der Waals surface area contributed by atoms with Crippen molar-refractivity contribution in [3.05, 3.63) is 29.7 Å². The third kappa shape index (κ3) is 3.64. The molecule has 0 spiro atoms. The van der Waals surface area contributed by atoms with Gasteiger partial charge in [-0.05, 0) is 31.7 Å². The largest absolute Gasteiger partial charge is 0.384 e. The minimum atomic E-state index is 0.0997. The molecule has 4 rings (SSSR count). The molecule has 7 nitrogen and oxygen atoms in total. The molecule has 3 N–H and O–H groups in total. The molecule has 1 fully saturated rings. The molecule has 1 aliphatic carbocycles. The van der Waals surface area contributed by atoms with Crippen LogP contribution in [-0.4, -0.2) is 40.0 Å². The zero-order valence-electron chi connectivity index (χ0n) is 14.9. The highest BCUT2D eigenvalue weighted by molar-refractivity contribution is 6.32. The van der Waals surface area contributed by atoms with E-state index in [4.69, 9.17) is 16.3 Å². The van der Waals surface area contributed by atoms with Crippen LogP contribution in [0, 0.1) is 5.92 Å². The Kier molecular flexibility index (Phi) is 4.74. The number of rotatable bonds is 8. The monoisotopic (exact) mass is 374 g/mol. The van der Waals surface area contributed by atoms with Gasteiger partial charge in [-0.25, -0.2) is 4.98 Å². The molecular formula is C18H23ClN6O. The molecule has 3 aromatic rings. The second-order valence-corrected chi connectivity index (χ2v) is 7.22. The van der Waals surface area contributed by atoms with Crippen LogP contribution in [-0.2, 0) is 4.74 Å². The molecule has 0 amide bonds. The Hall–Kier alpha value is -2.25. The molecule has 8 heteroatoms. The summed E-state index contributed by atoms with van der Waals surface area (Å²) in [6, 6.07) is 4.16. The molecule has 1 saturated carbocycles. The van der Waals surface area contributed by atoms with Crippen molar-refractivity contribution in [2.24, 2.45) is 5.92 Å². The number of methoxy groups -OCH3 is 1. The van der Waals surface area contributed by atoms with Gasteiger partial charge in [0, 0.05) is 37.0 Å². The van der Waals surface area contributed by atoms with Crippen LogP contribution in [0.5, 0.6) is 0 Å². The van der Waals surface area contributed by atoms with Crippen molar-refractivity contribution in [3.8, 4) is 0 Å². The Morgan fingerprint density at radius 1 is 1.42 bits per heavy atom. The number of hydrogen-bond acceptors (Lipinski definition) is 5. The number of nitrogens with one attached hydrogen (secondary N) is 3. The van der Waals surface area contributed by atoms with E-state index in [0.717, 1.165) is 40.7 Å². The summed E-state index contributed by atoms with van der Waals surface area (Å²) in [6.07, 6.45) is 6.41. The maximum absolute atomic E-state index is 6.30. The fraction of sp³-hybridized carbons (Fsp3) is 0.444. The lowest BCUT2D eigenvalue weighted by atomic mass is 10.2. The van der Waals surface area contributed by atoms with Gasteiger partial charge in [0.1, 0.15) is 11.5 Å². The molecule has 138 valence electrons. The number of hydrogen-bond donors (Lipinski definition) is 3. The third-order valence-electron chi connectivity index (χ3n) is 4.62. The van der Waals surface area contributed by atoms with E-state index in [1.165, 1.54) is 12.8 Å². The van der Waals surface area contributed by atoms with Crippen molar-refractivity contribution in [3.63, 3.8) is 0 Å². The van der Waals surface area contributed by atoms with Crippen molar-refractivity contribution in [2.75, 3.05) is 30.9 Å². The fourth-order valence-corrected chi connectivity index (χ4v) is 3.14. The number of fused-ring (bicyclic) bond motifs is 1. The highest BCUT2D eigenvalue weighted by Crippen LogP contribution is 2.32. The highest BCUT2D eigenvalue weighted by atomic mass is 35.5. The van der Waals surface area contributed by atoms with Crippen molar-refractivity contribution < 1.29 is 4.74 Å². The average Bonchev–Trinajstić information content (AvgIpc) is 3.21. The summed E-state index contributed by atoms with van der Waals surface area (Å²) in [7, 11) is 1.67. The predicted molar refractivity (Wildman–Crippen MR) is 104 cm³/mol. The number of aromatic amines is 1. The first-order chi connectivity index (χ1) is 12.6. The summed E-state index contributed by atoms with van der Waals surface area (Å²) >= 11 is 6.30. The van der Waals surface area contributed by atoms with Crippen LogP contribution in [0.3, 0.4) is 0 Å². The molecule has 0 unspecified atom stereocenters. The van der Waals surface area contributed by atoms with E-state index in [9.17, 15) is 0 Å². The van der Waals surface area contributed by atoms with E-state index < -0.39 is 0 Å². The quantitative estimate of drug-likeness (QED) is 0.551. The van der Waals surface area contributed by atoms with Crippen LogP contribution in [0.15, 0.2) is 24.5 Å². The first-order valence-electron chi connectivity index (χ1n) is 8.86. The van der Waals surface area contributed by atoms with Gasteiger partial charge in [0.2, 0.25) is 0 Å². The summed E-state index contributed by atoms with van der Waals surface area (Å²) in [5.74, 6) is 1.52. The number of aromatic nitrogens is 4. The van der Waals surface area contributed by atoms with Crippen molar-refractivity contribution in [2.45, 2.75) is 25.8 Å². The molecule has 0 aromatic carbocycles. The molecule has 26 heavy (non-hydrogen) atoms. The van der Waals surface area contributed by atoms with Gasteiger partial charge < -0.3 is 20.4 Å². The van der Waals surface area contributed by atoms with Crippen LogP contribution in [0.4, 0.5) is 17.2 Å². The van der Waals surface area contributed by atoms with Gasteiger partial charge in [0.05, 0.1) is 24.5 Å². The molecule has 0 radical (unpaired) electrons. The lowest BCUT2D eigenvalue weighted by molar-refractivity contribution is 0.157. The van der Waals surface area contributed by atoms with E-state index in [-0.39, 0.29) is 6.04 Å². The lowest BCUT2D eigenvalue weighted by Gasteiger charge is -2.11. The zero-order chi connectivity index (χ0) is 18.1. The Balaban J connectivity index is 1.58. The topological polar surface area (TPSA) is 79.8 Å². The Morgan fingerprint density at radius 2 is 2.27 bits per heavy atom. The molecular weight excluding hydrogens is 352 g/mol. The van der Waals surface area contributed by atoms with Gasteiger partial charge >= 0.3 is 0 Å². The Bertz CT molecular complexity index is 900. The number of H-pyrrole nitrogens is 1. The molecule has 1 atom stereocenters. The lowest BCUT2D eigenvalue weighted by Crippen LogP contribution is -2.11. The maximum Gasteiger partial charge on any atom is 0.174 e. The number of nitrogens with zero attached hydrogens (tertiary/aromatic N) is 3. The van der Waals surface area contributed by atoms with Gasteiger partial charge in [-0.1, -0.05) is 11.6 Å². The second-order valence-electron chi connectivity index (χ2n) is 6.86. The van der Waals surface area contributed by atoms with Crippen molar-refractivity contribution in [1.29, 1.82) is 0 Å². The van der Waals surface area contributed by atoms with Gasteiger partial charge in [-0.3, -0.25) is 4.68 Å². The number of pyridine rings is 1. The smallest absolute Gasteiger partial charge is 0.174 e. The first-order valence-corrected chi connectivity index (χ1v) is 9.24. The van der Waals surface area contributed by atoms with Crippen LogP contribution in [0.1, 0.15) is 25.8 Å². The van der Waals surface area contributed by atoms with E-state index in [1.54, 1.807) is 11.8 Å². The summed E-state index contributed by atoms with van der Waals surface area (Å²) in [5.41, 5.74) is 2.63. The average molecular weight is 375 g/mol. The van der Waals surface area contributed by atoms with Crippen LogP contribution < -0.4 is 10.6 Å². The Morgan fingerprint density at radius 3 is 3.04 bits per heavy atom. The molecule has 0 saturated heterocycles. The highest BCUT2D eigenvalue weighted by Gasteiger charge is 2.21. The molecule has 3 aromatic heterocycles. The maximum atomic E-state index is 6.30. The van der Waals surface area contributed by atoms with Crippen LogP contribution >= 0.6 is 11.6 Å². The minimum Gasteiger partial charge on any atom is -0.384 e. The summed E-state index contributed by atoms with van der Waals surface area (Å²) in [5, 5.41) is 12.7. The summed E-state index contributed by atoms with van der Waals surface area (Å²) in [6.45, 7) is 3.59. The molecule has 0 bridgehead atoms. The summed E-state index contributed by atoms with van der Waals surface area (Å²) < 4.78 is 6.98. The van der Waals surface area contributed by atoms with Gasteiger partial charge in [0.25, 0.3) is 0 Å². The number of halogens is 1.